The van der Waals surface area contributed by atoms with Crippen molar-refractivity contribution in [1.29, 1.82) is 0 Å². The molecule has 0 aliphatic carbocycles. The molecule has 1 aromatic rings. The third kappa shape index (κ3) is 5.91. The van der Waals surface area contributed by atoms with Crippen LogP contribution in [0.25, 0.3) is 0 Å². The Morgan fingerprint density at radius 3 is 2.50 bits per heavy atom. The molecule has 0 radical (unpaired) electrons. The van der Waals surface area contributed by atoms with Gasteiger partial charge in [-0.1, -0.05) is 6.07 Å². The van der Waals surface area contributed by atoms with Gasteiger partial charge < -0.3 is 14.2 Å². The van der Waals surface area contributed by atoms with E-state index in [2.05, 4.69) is 10.9 Å². The highest BCUT2D eigenvalue weighted by Crippen LogP contribution is 2.23. The molecule has 0 spiro atoms. The molecule has 0 aromatic heterocycles. The van der Waals surface area contributed by atoms with E-state index in [9.17, 15) is 4.79 Å². The Labute approximate surface area is 132 Å². The van der Waals surface area contributed by atoms with Crippen LogP contribution in [0.15, 0.2) is 18.2 Å². The van der Waals surface area contributed by atoms with E-state index in [1.807, 2.05) is 45.9 Å². The van der Waals surface area contributed by atoms with Gasteiger partial charge in [0.1, 0.15) is 11.4 Å². The number of carbonyl (C=O) groups is 1. The Balaban J connectivity index is 2.67. The lowest BCUT2D eigenvalue weighted by Crippen LogP contribution is -2.42. The Hall–Kier alpha value is -1.79. The minimum Gasteiger partial charge on any atom is -0.496 e. The maximum Gasteiger partial charge on any atom is 0.422 e. The summed E-state index contributed by atoms with van der Waals surface area (Å²) < 4.78 is 15.6. The minimum atomic E-state index is -0.527. The Bertz CT molecular complexity index is 497. The highest BCUT2D eigenvalue weighted by Gasteiger charge is 2.17. The quantitative estimate of drug-likeness (QED) is 0.791. The van der Waals surface area contributed by atoms with Crippen molar-refractivity contribution >= 4 is 6.09 Å². The molecule has 0 saturated heterocycles. The topological polar surface area (TPSA) is 68.8 Å². The number of amides is 1. The average Bonchev–Trinajstić information content (AvgIpc) is 2.43. The number of hydrogen-bond donors (Lipinski definition) is 2. The van der Waals surface area contributed by atoms with E-state index in [1.165, 1.54) is 0 Å². The molecule has 0 aliphatic heterocycles. The summed E-state index contributed by atoms with van der Waals surface area (Å²) in [6.07, 6.45) is -0.509. The van der Waals surface area contributed by atoms with Gasteiger partial charge in [0.15, 0.2) is 0 Å². The predicted octanol–water partition coefficient (Wildman–Crippen LogP) is 2.93. The Morgan fingerprint density at radius 1 is 1.27 bits per heavy atom. The molecule has 6 nitrogen and oxygen atoms in total. The van der Waals surface area contributed by atoms with E-state index in [4.69, 9.17) is 14.2 Å². The second-order valence-electron chi connectivity index (χ2n) is 6.00. The van der Waals surface area contributed by atoms with E-state index < -0.39 is 11.7 Å². The maximum atomic E-state index is 11.6. The number of hydrazine groups is 1. The summed E-state index contributed by atoms with van der Waals surface area (Å²) in [5.74, 6) is 0.776. The standard InChI is InChI=1S/C16H26N2O4/c1-11(17-18-15(19)22-16(2,3)4)12-7-8-14(21-6)13(9-12)10-20-5/h7-9,11,17H,10H2,1-6H3,(H,18,19). The van der Waals surface area contributed by atoms with Crippen molar-refractivity contribution in [3.05, 3.63) is 29.3 Å². The Morgan fingerprint density at radius 2 is 1.95 bits per heavy atom. The normalized spacial score (nSPS) is 12.6. The van der Waals surface area contributed by atoms with Crippen LogP contribution in [0, 0.1) is 0 Å². The molecule has 22 heavy (non-hydrogen) atoms. The number of ether oxygens (including phenoxy) is 3. The van der Waals surface area contributed by atoms with E-state index in [1.54, 1.807) is 14.2 Å². The molecule has 0 bridgehead atoms. The van der Waals surface area contributed by atoms with Gasteiger partial charge in [-0.15, -0.1) is 0 Å². The van der Waals surface area contributed by atoms with Crippen molar-refractivity contribution < 1.29 is 19.0 Å². The number of nitrogens with one attached hydrogen (secondary N) is 2. The van der Waals surface area contributed by atoms with Crippen molar-refractivity contribution in [3.63, 3.8) is 0 Å². The van der Waals surface area contributed by atoms with Gasteiger partial charge in [-0.2, -0.15) is 0 Å². The maximum absolute atomic E-state index is 11.6. The first-order chi connectivity index (χ1) is 10.3. The number of hydrogen-bond acceptors (Lipinski definition) is 5. The van der Waals surface area contributed by atoms with Crippen molar-refractivity contribution in [2.45, 2.75) is 45.9 Å². The fourth-order valence-electron chi connectivity index (χ4n) is 1.89. The fourth-order valence-corrected chi connectivity index (χ4v) is 1.89. The molecule has 2 N–H and O–H groups in total. The van der Waals surface area contributed by atoms with Crippen LogP contribution in [0.3, 0.4) is 0 Å². The van der Waals surface area contributed by atoms with Crippen molar-refractivity contribution in [2.24, 2.45) is 0 Å². The smallest absolute Gasteiger partial charge is 0.422 e. The molecule has 0 heterocycles. The third-order valence-electron chi connectivity index (χ3n) is 2.89. The number of carbonyl (C=O) groups excluding carboxylic acids is 1. The predicted molar refractivity (Wildman–Crippen MR) is 84.6 cm³/mol. The van der Waals surface area contributed by atoms with E-state index in [0.29, 0.717) is 6.61 Å². The van der Waals surface area contributed by atoms with Gasteiger partial charge in [0.05, 0.1) is 13.7 Å². The van der Waals surface area contributed by atoms with Gasteiger partial charge in [-0.05, 0) is 45.4 Å². The van der Waals surface area contributed by atoms with Crippen LogP contribution in [0.2, 0.25) is 0 Å². The molecular weight excluding hydrogens is 284 g/mol. The second kappa shape index (κ2) is 8.00. The van der Waals surface area contributed by atoms with E-state index in [0.717, 1.165) is 16.9 Å². The summed E-state index contributed by atoms with van der Waals surface area (Å²) in [5.41, 5.74) is 6.89. The van der Waals surface area contributed by atoms with E-state index in [-0.39, 0.29) is 6.04 Å². The minimum absolute atomic E-state index is 0.0889. The summed E-state index contributed by atoms with van der Waals surface area (Å²) in [7, 11) is 3.26. The first kappa shape index (κ1) is 18.3. The molecule has 1 unspecified atom stereocenters. The van der Waals surface area contributed by atoms with Gasteiger partial charge in [-0.3, -0.25) is 5.43 Å². The first-order valence-electron chi connectivity index (χ1n) is 7.17. The molecule has 124 valence electrons. The van der Waals surface area contributed by atoms with Crippen LogP contribution in [0.5, 0.6) is 5.75 Å². The zero-order chi connectivity index (χ0) is 16.8. The lowest BCUT2D eigenvalue weighted by atomic mass is 10.1. The lowest BCUT2D eigenvalue weighted by molar-refractivity contribution is 0.0489. The molecule has 0 saturated carbocycles. The number of methoxy groups -OCH3 is 2. The molecule has 1 amide bonds. The first-order valence-corrected chi connectivity index (χ1v) is 7.17. The SMILES string of the molecule is COCc1cc(C(C)NNC(=O)OC(C)(C)C)ccc1OC. The molecule has 1 aromatic carbocycles. The largest absolute Gasteiger partial charge is 0.496 e. The summed E-state index contributed by atoms with van der Waals surface area (Å²) >= 11 is 0. The van der Waals surface area contributed by atoms with Crippen molar-refractivity contribution in [3.8, 4) is 5.75 Å². The lowest BCUT2D eigenvalue weighted by Gasteiger charge is -2.22. The molecule has 1 atom stereocenters. The van der Waals surface area contributed by atoms with Gasteiger partial charge in [0, 0.05) is 18.7 Å². The summed E-state index contributed by atoms with van der Waals surface area (Å²) in [4.78, 5) is 11.6. The van der Waals surface area contributed by atoms with Crippen LogP contribution in [0.1, 0.15) is 44.9 Å². The van der Waals surface area contributed by atoms with Crippen molar-refractivity contribution in [1.82, 2.24) is 10.9 Å². The van der Waals surface area contributed by atoms with Crippen LogP contribution < -0.4 is 15.6 Å². The van der Waals surface area contributed by atoms with Crippen LogP contribution in [0.4, 0.5) is 4.79 Å². The monoisotopic (exact) mass is 310 g/mol. The molecule has 0 fully saturated rings. The molecule has 0 aliphatic rings. The van der Waals surface area contributed by atoms with Crippen LogP contribution in [-0.4, -0.2) is 25.9 Å². The fraction of sp³-hybridized carbons (Fsp3) is 0.562. The van der Waals surface area contributed by atoms with Crippen LogP contribution in [-0.2, 0) is 16.1 Å². The summed E-state index contributed by atoms with van der Waals surface area (Å²) in [6, 6.07) is 5.72. The third-order valence-corrected chi connectivity index (χ3v) is 2.89. The number of rotatable bonds is 6. The van der Waals surface area contributed by atoms with Gasteiger partial charge >= 0.3 is 6.09 Å². The molecule has 6 heteroatoms. The molecule has 1 rings (SSSR count). The van der Waals surface area contributed by atoms with Gasteiger partial charge in [-0.25, -0.2) is 10.2 Å². The number of benzene rings is 1. The second-order valence-corrected chi connectivity index (χ2v) is 6.00. The van der Waals surface area contributed by atoms with Gasteiger partial charge in [0.2, 0.25) is 0 Å². The highest BCUT2D eigenvalue weighted by atomic mass is 16.6. The average molecular weight is 310 g/mol. The molecular formula is C16H26N2O4. The zero-order valence-corrected chi connectivity index (χ0v) is 14.1. The highest BCUT2D eigenvalue weighted by molar-refractivity contribution is 5.67. The van der Waals surface area contributed by atoms with E-state index >= 15 is 0 Å². The van der Waals surface area contributed by atoms with Crippen molar-refractivity contribution in [2.75, 3.05) is 14.2 Å². The summed E-state index contributed by atoms with van der Waals surface area (Å²) in [5, 5.41) is 0. The summed E-state index contributed by atoms with van der Waals surface area (Å²) in [6.45, 7) is 7.85. The van der Waals surface area contributed by atoms with Gasteiger partial charge in [0.25, 0.3) is 0 Å². The Kier molecular flexibility index (Phi) is 6.64. The zero-order valence-electron chi connectivity index (χ0n) is 14.1. The van der Waals surface area contributed by atoms with Crippen LogP contribution >= 0.6 is 0 Å².